The molecule has 3 aromatic rings. The average Bonchev–Trinajstić information content (AvgIpc) is 3.44. The fourth-order valence-corrected chi connectivity index (χ4v) is 3.64. The average molecular weight is 444 g/mol. The number of amides is 2. The van der Waals surface area contributed by atoms with Gasteiger partial charge in [-0.3, -0.25) is 19.0 Å². The van der Waals surface area contributed by atoms with Crippen LogP contribution in [0.25, 0.3) is 0 Å². The fourth-order valence-electron chi connectivity index (χ4n) is 3.52. The number of halogens is 1. The first kappa shape index (κ1) is 20.6. The summed E-state index contributed by atoms with van der Waals surface area (Å²) in [5.74, 6) is -1.66. The number of anilines is 1. The highest BCUT2D eigenvalue weighted by Gasteiger charge is 2.32. The number of benzene rings is 1. The number of hydrogen-bond acceptors (Lipinski definition) is 7. The number of rotatable bonds is 4. The minimum absolute atomic E-state index is 0.159. The van der Waals surface area contributed by atoms with Crippen molar-refractivity contribution in [3.05, 3.63) is 69.2 Å². The third kappa shape index (κ3) is 4.02. The fraction of sp³-hybridized carbons (Fsp3) is 0.250. The monoisotopic (exact) mass is 443 g/mol. The molecular weight excluding hydrogens is 426 g/mol. The molecule has 0 saturated carbocycles. The lowest BCUT2D eigenvalue weighted by atomic mass is 10.1. The number of nitrogens with one attached hydrogen (secondary N) is 1. The smallest absolute Gasteiger partial charge is 0.296 e. The van der Waals surface area contributed by atoms with E-state index in [1.54, 1.807) is 29.2 Å². The van der Waals surface area contributed by atoms with Crippen molar-refractivity contribution in [2.45, 2.75) is 12.3 Å². The zero-order valence-corrected chi connectivity index (χ0v) is 17.2. The summed E-state index contributed by atoms with van der Waals surface area (Å²) in [6, 6.07) is 6.60. The van der Waals surface area contributed by atoms with Gasteiger partial charge in [-0.25, -0.2) is 4.98 Å². The highest BCUT2D eigenvalue weighted by molar-refractivity contribution is 6.30. The first-order valence-corrected chi connectivity index (χ1v) is 9.78. The van der Waals surface area contributed by atoms with Crippen LogP contribution in [0.4, 0.5) is 5.69 Å². The Kier molecular flexibility index (Phi) is 5.47. The van der Waals surface area contributed by atoms with Gasteiger partial charge in [-0.15, -0.1) is 0 Å². The molecular formula is C20H18ClN5O5. The molecule has 1 aliphatic rings. The van der Waals surface area contributed by atoms with E-state index in [1.807, 2.05) is 0 Å². The van der Waals surface area contributed by atoms with Gasteiger partial charge in [0.2, 0.25) is 5.75 Å². The number of nitrogens with zero attached hydrogens (tertiary/aromatic N) is 4. The summed E-state index contributed by atoms with van der Waals surface area (Å²) in [6.07, 6.45) is 3.03. The molecule has 1 aliphatic heterocycles. The summed E-state index contributed by atoms with van der Waals surface area (Å²) in [5, 5.41) is 16.7. The van der Waals surface area contributed by atoms with Crippen molar-refractivity contribution in [1.29, 1.82) is 0 Å². The van der Waals surface area contributed by atoms with Crippen molar-refractivity contribution in [2.75, 3.05) is 18.4 Å². The van der Waals surface area contributed by atoms with E-state index in [-0.39, 0.29) is 17.5 Å². The Balaban J connectivity index is 1.58. The van der Waals surface area contributed by atoms with Gasteiger partial charge in [-0.2, -0.15) is 0 Å². The number of aromatic nitrogens is 3. The minimum atomic E-state index is -0.772. The van der Waals surface area contributed by atoms with Gasteiger partial charge in [0.05, 0.1) is 6.20 Å². The zero-order chi connectivity index (χ0) is 22.1. The lowest BCUT2D eigenvalue weighted by molar-refractivity contribution is 0.0790. The second-order valence-electron chi connectivity index (χ2n) is 7.14. The molecule has 11 heteroatoms. The largest absolute Gasteiger partial charge is 0.501 e. The predicted octanol–water partition coefficient (Wildman–Crippen LogP) is 2.01. The third-order valence-electron chi connectivity index (χ3n) is 5.14. The van der Waals surface area contributed by atoms with E-state index in [2.05, 4.69) is 20.0 Å². The van der Waals surface area contributed by atoms with Gasteiger partial charge in [0.15, 0.2) is 5.69 Å². The summed E-state index contributed by atoms with van der Waals surface area (Å²) in [5.41, 5.74) is -0.384. The normalized spacial score (nSPS) is 15.8. The molecule has 1 aromatic carbocycles. The predicted molar refractivity (Wildman–Crippen MR) is 110 cm³/mol. The zero-order valence-electron chi connectivity index (χ0n) is 16.4. The summed E-state index contributed by atoms with van der Waals surface area (Å²) >= 11 is 5.88. The Morgan fingerprint density at radius 1 is 1.29 bits per heavy atom. The second kappa shape index (κ2) is 8.23. The lowest BCUT2D eigenvalue weighted by Gasteiger charge is -2.18. The van der Waals surface area contributed by atoms with Crippen molar-refractivity contribution in [1.82, 2.24) is 19.6 Å². The van der Waals surface area contributed by atoms with Crippen molar-refractivity contribution in [2.24, 2.45) is 7.05 Å². The summed E-state index contributed by atoms with van der Waals surface area (Å²) in [7, 11) is 1.47. The molecule has 2 aromatic heterocycles. The van der Waals surface area contributed by atoms with Crippen LogP contribution in [-0.2, 0) is 7.05 Å². The Bertz CT molecular complexity index is 1190. The van der Waals surface area contributed by atoms with Crippen LogP contribution < -0.4 is 10.9 Å². The molecule has 0 aliphatic carbocycles. The van der Waals surface area contributed by atoms with Gasteiger partial charge in [-0.05, 0) is 30.7 Å². The van der Waals surface area contributed by atoms with Gasteiger partial charge in [0, 0.05) is 36.6 Å². The molecule has 2 amide bonds. The van der Waals surface area contributed by atoms with Crippen LogP contribution in [0.15, 0.2) is 46.0 Å². The van der Waals surface area contributed by atoms with E-state index in [0.29, 0.717) is 35.9 Å². The molecule has 1 fully saturated rings. The van der Waals surface area contributed by atoms with Crippen molar-refractivity contribution in [3.63, 3.8) is 0 Å². The maximum absolute atomic E-state index is 12.8. The number of likely N-dealkylation sites (tertiary alicyclic amines) is 1. The molecule has 10 nitrogen and oxygen atoms in total. The maximum Gasteiger partial charge on any atom is 0.296 e. The van der Waals surface area contributed by atoms with Gasteiger partial charge >= 0.3 is 0 Å². The van der Waals surface area contributed by atoms with Crippen LogP contribution in [0.1, 0.15) is 39.0 Å². The van der Waals surface area contributed by atoms with Gasteiger partial charge in [0.25, 0.3) is 17.4 Å². The highest BCUT2D eigenvalue weighted by atomic mass is 35.5. The molecule has 0 bridgehead atoms. The van der Waals surface area contributed by atoms with E-state index in [9.17, 15) is 19.5 Å². The molecule has 1 atom stereocenters. The minimum Gasteiger partial charge on any atom is -0.501 e. The van der Waals surface area contributed by atoms with Crippen molar-refractivity contribution < 1.29 is 19.2 Å². The molecule has 1 unspecified atom stereocenters. The van der Waals surface area contributed by atoms with Crippen LogP contribution in [0.5, 0.6) is 5.75 Å². The van der Waals surface area contributed by atoms with E-state index in [4.69, 9.17) is 11.6 Å². The van der Waals surface area contributed by atoms with E-state index < -0.39 is 22.9 Å². The van der Waals surface area contributed by atoms with Gasteiger partial charge in [0.1, 0.15) is 17.8 Å². The highest BCUT2D eigenvalue weighted by Crippen LogP contribution is 2.28. The number of carbonyl (C=O) groups is 2. The lowest BCUT2D eigenvalue weighted by Crippen LogP contribution is -2.31. The quantitative estimate of drug-likeness (QED) is 0.630. The molecule has 31 heavy (non-hydrogen) atoms. The third-order valence-corrected chi connectivity index (χ3v) is 5.39. The molecule has 2 N–H and O–H groups in total. The molecule has 3 heterocycles. The maximum atomic E-state index is 12.8. The molecule has 160 valence electrons. The van der Waals surface area contributed by atoms with Crippen LogP contribution in [-0.4, -0.2) is 49.6 Å². The summed E-state index contributed by atoms with van der Waals surface area (Å²) in [6.45, 7) is 0.782. The first-order chi connectivity index (χ1) is 14.8. The van der Waals surface area contributed by atoms with Crippen molar-refractivity contribution in [3.8, 4) is 5.75 Å². The van der Waals surface area contributed by atoms with Gasteiger partial charge < -0.3 is 19.8 Å². The van der Waals surface area contributed by atoms with E-state index in [0.717, 1.165) is 0 Å². The number of aromatic hydroxyl groups is 1. The van der Waals surface area contributed by atoms with E-state index >= 15 is 0 Å². The second-order valence-corrected chi connectivity index (χ2v) is 7.58. The Morgan fingerprint density at radius 2 is 2.03 bits per heavy atom. The van der Waals surface area contributed by atoms with E-state index in [1.165, 1.54) is 24.1 Å². The number of carbonyl (C=O) groups excluding carboxylic acids is 2. The van der Waals surface area contributed by atoms with Crippen molar-refractivity contribution >= 4 is 29.1 Å². The van der Waals surface area contributed by atoms with Gasteiger partial charge in [-0.1, -0.05) is 16.8 Å². The van der Waals surface area contributed by atoms with Crippen LogP contribution in [0.3, 0.4) is 0 Å². The molecule has 4 rings (SSSR count). The van der Waals surface area contributed by atoms with Crippen LogP contribution in [0.2, 0.25) is 5.02 Å². The molecule has 0 radical (unpaired) electrons. The first-order valence-electron chi connectivity index (χ1n) is 9.40. The number of hydrogen-bond donors (Lipinski definition) is 2. The SMILES string of the molecule is Cn1c(C2CCN(C(=O)c3ccc(Cl)cc3)C2)nc(C(=O)Nc2cnoc2)c(O)c1=O. The van der Waals surface area contributed by atoms with Crippen LogP contribution in [0, 0.1) is 0 Å². The molecule has 1 saturated heterocycles. The topological polar surface area (TPSA) is 131 Å². The Hall–Kier alpha value is -3.66. The molecule has 0 spiro atoms. The summed E-state index contributed by atoms with van der Waals surface area (Å²) < 4.78 is 5.85. The van der Waals surface area contributed by atoms with Crippen LogP contribution >= 0.6 is 11.6 Å². The standard InChI is InChI=1S/C20H18ClN5O5/c1-25-17(12-6-7-26(9-12)19(29)11-2-4-13(21)5-3-11)24-15(16(27)20(25)30)18(28)23-14-8-22-31-10-14/h2-5,8,10,12,27H,6-7,9H2,1H3,(H,23,28). The Morgan fingerprint density at radius 3 is 2.71 bits per heavy atom. The summed E-state index contributed by atoms with van der Waals surface area (Å²) in [4.78, 5) is 43.7. The Labute approximate surface area is 181 Å².